The molecule has 0 amide bonds. The van der Waals surface area contributed by atoms with E-state index in [-0.39, 0.29) is 68.7 Å². The number of Topliss-reactive ketones (excluding diaryl/α,β-unsaturated/α-hetero) is 1. The molecule has 248 valence electrons. The molecule has 0 spiro atoms. The van der Waals surface area contributed by atoms with E-state index >= 15 is 0 Å². The molecule has 1 aliphatic rings. The van der Waals surface area contributed by atoms with E-state index in [1.54, 1.807) is 0 Å². The number of pyridine rings is 1. The summed E-state index contributed by atoms with van der Waals surface area (Å²) in [6.07, 6.45) is 2.52. The number of carbonyl (C=O) groups excluding carboxylic acids is 2. The van der Waals surface area contributed by atoms with Crippen molar-refractivity contribution >= 4 is 45.0 Å². The van der Waals surface area contributed by atoms with Crippen LogP contribution in [0.3, 0.4) is 0 Å². The fourth-order valence-electron chi connectivity index (χ4n) is 4.43. The molecule has 1 aromatic heterocycles. The number of benzene rings is 2. The monoisotopic (exact) mass is 702 g/mol. The summed E-state index contributed by atoms with van der Waals surface area (Å²) < 4.78 is 76.0. The zero-order valence-corrected chi connectivity index (χ0v) is 27.0. The Bertz CT molecular complexity index is 1680. The third-order valence-electron chi connectivity index (χ3n) is 6.86. The molecule has 0 saturated heterocycles. The molecule has 1 heterocycles. The summed E-state index contributed by atoms with van der Waals surface area (Å²) in [7, 11) is -2.87. The van der Waals surface area contributed by atoms with Gasteiger partial charge in [-0.05, 0) is 61.6 Å². The van der Waals surface area contributed by atoms with Crippen LogP contribution in [0.5, 0.6) is 17.2 Å². The Morgan fingerprint density at radius 2 is 1.74 bits per heavy atom. The Hall–Kier alpha value is -3.72. The minimum atomic E-state index is -4.25. The average Bonchev–Trinajstić information content (AvgIpc) is 3.81. The van der Waals surface area contributed by atoms with E-state index < -0.39 is 35.3 Å². The number of hydrogen-bond acceptors (Lipinski definition) is 9. The van der Waals surface area contributed by atoms with Crippen LogP contribution in [-0.2, 0) is 37.2 Å². The number of esters is 1. The number of hydrogen-bond donors (Lipinski definition) is 1. The van der Waals surface area contributed by atoms with Gasteiger partial charge in [-0.15, -0.1) is 0 Å². The van der Waals surface area contributed by atoms with Crippen LogP contribution in [0.15, 0.2) is 53.7 Å². The Morgan fingerprint density at radius 1 is 1.07 bits per heavy atom. The number of halogens is 4. The lowest BCUT2D eigenvalue weighted by Gasteiger charge is -2.21. The summed E-state index contributed by atoms with van der Waals surface area (Å²) in [5.41, 5.74) is 0.840. The van der Waals surface area contributed by atoms with Gasteiger partial charge < -0.3 is 24.2 Å². The van der Waals surface area contributed by atoms with Gasteiger partial charge in [0.1, 0.15) is 34.2 Å². The number of nitrogens with one attached hydrogen (secondary N) is 1. The Morgan fingerprint density at radius 3 is 2.35 bits per heavy atom. The van der Waals surface area contributed by atoms with Gasteiger partial charge in [0, 0.05) is 24.0 Å². The van der Waals surface area contributed by atoms with Gasteiger partial charge in [0.2, 0.25) is 10.0 Å². The van der Waals surface area contributed by atoms with Gasteiger partial charge in [-0.25, -0.2) is 8.42 Å². The number of carbonyl (C=O) groups is 2. The quantitative estimate of drug-likeness (QED) is 0.124. The third kappa shape index (κ3) is 9.64. The predicted molar refractivity (Wildman–Crippen MR) is 162 cm³/mol. The van der Waals surface area contributed by atoms with Crippen molar-refractivity contribution in [3.8, 4) is 17.2 Å². The van der Waals surface area contributed by atoms with Crippen LogP contribution in [0.4, 0.5) is 8.78 Å². The van der Waals surface area contributed by atoms with E-state index in [9.17, 15) is 32.0 Å². The molecule has 3 aromatic rings. The molecule has 0 unspecified atom stereocenters. The maximum Gasteiger partial charge on any atom is 0.387 e. The molecule has 11 nitrogen and oxygen atoms in total. The van der Waals surface area contributed by atoms with Gasteiger partial charge in [-0.2, -0.15) is 18.2 Å². The topological polar surface area (TPSA) is 144 Å². The zero-order valence-electron chi connectivity index (χ0n) is 24.6. The van der Waals surface area contributed by atoms with Crippen molar-refractivity contribution in [2.24, 2.45) is 5.92 Å². The molecule has 46 heavy (non-hydrogen) atoms. The molecule has 1 saturated carbocycles. The number of aromatic nitrogens is 1. The third-order valence-corrected chi connectivity index (χ3v) is 8.91. The number of nitrogens with zero attached hydrogens (tertiary/aromatic N) is 1. The predicted octanol–water partition coefficient (Wildman–Crippen LogP) is 4.96. The first-order valence-corrected chi connectivity index (χ1v) is 16.1. The fourth-order valence-corrected chi connectivity index (χ4v) is 6.05. The molecule has 4 rings (SSSR count). The van der Waals surface area contributed by atoms with Crippen LogP contribution in [0, 0.1) is 11.1 Å². The summed E-state index contributed by atoms with van der Waals surface area (Å²) in [6.45, 7) is -2.32. The van der Waals surface area contributed by atoms with E-state index in [1.807, 2.05) is 0 Å². The van der Waals surface area contributed by atoms with Gasteiger partial charge in [0.15, 0.2) is 23.9 Å². The Kier molecular flexibility index (Phi) is 11.6. The smallest absolute Gasteiger partial charge is 0.387 e. The first kappa shape index (κ1) is 35.1. The highest BCUT2D eigenvalue weighted by Gasteiger charge is 2.27. The average molecular weight is 704 g/mol. The van der Waals surface area contributed by atoms with Crippen molar-refractivity contribution in [2.45, 2.75) is 50.2 Å². The second-order valence-corrected chi connectivity index (χ2v) is 13.1. The van der Waals surface area contributed by atoms with Crippen LogP contribution in [0.25, 0.3) is 0 Å². The largest absolute Gasteiger partial charge is 0.619 e. The first-order valence-electron chi connectivity index (χ1n) is 13.9. The van der Waals surface area contributed by atoms with E-state index in [4.69, 9.17) is 37.4 Å². The summed E-state index contributed by atoms with van der Waals surface area (Å²) in [6, 6.07) is 7.89. The number of rotatable bonds is 16. The molecule has 2 aromatic carbocycles. The van der Waals surface area contributed by atoms with Crippen molar-refractivity contribution in [1.82, 2.24) is 4.72 Å². The minimum Gasteiger partial charge on any atom is -0.619 e. The van der Waals surface area contributed by atoms with E-state index in [0.29, 0.717) is 16.0 Å². The maximum atomic E-state index is 13.1. The lowest BCUT2D eigenvalue weighted by atomic mass is 10.0. The second kappa shape index (κ2) is 15.2. The molecule has 1 N–H and O–H groups in total. The Labute approximate surface area is 273 Å². The van der Waals surface area contributed by atoms with E-state index in [0.717, 1.165) is 25.2 Å². The molecule has 1 fully saturated rings. The molecule has 16 heteroatoms. The number of ketones is 1. The van der Waals surface area contributed by atoms with Crippen molar-refractivity contribution < 1.29 is 50.5 Å². The Balaban J connectivity index is 1.59. The van der Waals surface area contributed by atoms with Gasteiger partial charge >= 0.3 is 12.6 Å². The SMILES string of the molecule is COc1ccc(S(=O)(=O)NCC(=O)O[C@@H](Cc2c(Cl)c[n+]([O-])cc2Cl)c2ccc(OC(F)F)c(OCC3CC3)c2)cc1CC(C)=O. The first-order chi connectivity index (χ1) is 21.7. The lowest BCUT2D eigenvalue weighted by Crippen LogP contribution is -2.32. The van der Waals surface area contributed by atoms with Crippen molar-refractivity contribution in [1.29, 1.82) is 0 Å². The maximum absolute atomic E-state index is 13.1. The van der Waals surface area contributed by atoms with Gasteiger partial charge in [-0.1, -0.05) is 29.3 Å². The summed E-state index contributed by atoms with van der Waals surface area (Å²) in [5, 5.41) is 11.7. The zero-order chi connectivity index (χ0) is 33.6. The molecular formula is C30H30Cl2F2N2O9S. The van der Waals surface area contributed by atoms with Gasteiger partial charge in [0.05, 0.1) is 18.6 Å². The number of ether oxygens (including phenoxy) is 4. The summed E-state index contributed by atoms with van der Waals surface area (Å²) in [5.74, 6) is -0.883. The van der Waals surface area contributed by atoms with Crippen molar-refractivity contribution in [3.63, 3.8) is 0 Å². The normalized spacial score (nSPS) is 13.7. The van der Waals surface area contributed by atoms with Crippen LogP contribution in [-0.4, -0.2) is 47.0 Å². The standard InChI is InChI=1S/C30H30Cl2F2N2O9S/c1-17(37)9-20-10-21(6-8-25(20)42-2)46(40,41)35-13-29(38)44-27(12-22-23(31)14-36(39)15-24(22)32)19-5-7-26(45-30(33)34)28(11-19)43-16-18-3-4-18/h5-8,10-11,14-15,18,27,30,35H,3-4,9,12-13,16H2,1-2H3/t27-/m0/s1. The molecule has 1 aliphatic carbocycles. The van der Waals surface area contributed by atoms with Crippen LogP contribution >= 0.6 is 23.2 Å². The molecule has 0 radical (unpaired) electrons. The van der Waals surface area contributed by atoms with Crippen molar-refractivity contribution in [3.05, 3.63) is 80.7 Å². The minimum absolute atomic E-state index is 0.0185. The van der Waals surface area contributed by atoms with Crippen molar-refractivity contribution in [2.75, 3.05) is 20.3 Å². The lowest BCUT2D eigenvalue weighted by molar-refractivity contribution is -0.605. The number of methoxy groups -OCH3 is 1. The molecule has 0 bridgehead atoms. The highest BCUT2D eigenvalue weighted by atomic mass is 35.5. The van der Waals surface area contributed by atoms with Crippen LogP contribution in [0.1, 0.15) is 42.6 Å². The summed E-state index contributed by atoms with van der Waals surface area (Å²) in [4.78, 5) is 24.5. The number of sulfonamides is 1. The second-order valence-electron chi connectivity index (χ2n) is 10.5. The molecule has 1 atom stereocenters. The highest BCUT2D eigenvalue weighted by molar-refractivity contribution is 7.89. The molecular weight excluding hydrogens is 673 g/mol. The highest BCUT2D eigenvalue weighted by Crippen LogP contribution is 2.38. The van der Waals surface area contributed by atoms with E-state index in [2.05, 4.69) is 9.46 Å². The van der Waals surface area contributed by atoms with Crippen LogP contribution in [0.2, 0.25) is 10.0 Å². The van der Waals surface area contributed by atoms with E-state index in [1.165, 1.54) is 50.4 Å². The van der Waals surface area contributed by atoms with Crippen LogP contribution < -0.4 is 23.7 Å². The van der Waals surface area contributed by atoms with Gasteiger partial charge in [0.25, 0.3) is 0 Å². The summed E-state index contributed by atoms with van der Waals surface area (Å²) >= 11 is 12.5. The molecule has 0 aliphatic heterocycles. The number of alkyl halides is 2. The fraction of sp³-hybridized carbons (Fsp3) is 0.367. The van der Waals surface area contributed by atoms with Gasteiger partial charge in [-0.3, -0.25) is 9.59 Å².